The Morgan fingerprint density at radius 2 is 1.03 bits per heavy atom. The zero-order chi connectivity index (χ0) is 22.1. The van der Waals surface area contributed by atoms with Crippen LogP contribution in [0.5, 0.6) is 0 Å². The maximum absolute atomic E-state index is 11.8. The normalized spacial score (nSPS) is 12.2. The third-order valence-electron chi connectivity index (χ3n) is 6.07. The molecule has 0 bridgehead atoms. The Bertz CT molecular complexity index is 343. The summed E-state index contributed by atoms with van der Waals surface area (Å²) in [5, 5.41) is 9.82. The van der Waals surface area contributed by atoms with Gasteiger partial charge in [-0.2, -0.15) is 0 Å². The van der Waals surface area contributed by atoms with Crippen LogP contribution in [0.3, 0.4) is 0 Å². The first-order chi connectivity index (χ1) is 14.7. The van der Waals surface area contributed by atoms with E-state index in [1.807, 2.05) is 0 Å². The van der Waals surface area contributed by atoms with Crippen LogP contribution in [-0.4, -0.2) is 23.8 Å². The van der Waals surface area contributed by atoms with Crippen LogP contribution in [-0.2, 0) is 9.53 Å². The molecule has 0 aromatic heterocycles. The molecule has 0 aliphatic rings. The molecule has 0 spiro atoms. The second-order valence-electron chi connectivity index (χ2n) is 9.21. The van der Waals surface area contributed by atoms with E-state index in [9.17, 15) is 9.90 Å². The van der Waals surface area contributed by atoms with Gasteiger partial charge in [-0.3, -0.25) is 4.79 Å². The number of aliphatic hydroxyl groups excluding tert-OH is 1. The molecule has 1 unspecified atom stereocenters. The van der Waals surface area contributed by atoms with E-state index in [0.29, 0.717) is 13.0 Å². The third-order valence-corrected chi connectivity index (χ3v) is 6.07. The smallest absolute Gasteiger partial charge is 0.305 e. The number of hydrogen-bond donors (Lipinski definition) is 1. The first kappa shape index (κ1) is 29.4. The van der Waals surface area contributed by atoms with Crippen molar-refractivity contribution < 1.29 is 14.6 Å². The highest BCUT2D eigenvalue weighted by Gasteiger charge is 2.04. The van der Waals surface area contributed by atoms with E-state index in [2.05, 4.69) is 13.8 Å². The molecule has 0 saturated heterocycles. The second kappa shape index (κ2) is 24.7. The highest BCUT2D eigenvalue weighted by atomic mass is 16.5. The summed E-state index contributed by atoms with van der Waals surface area (Å²) in [5.41, 5.74) is 0. The van der Waals surface area contributed by atoms with Gasteiger partial charge in [-0.15, -0.1) is 0 Å². The number of carbonyl (C=O) groups is 1. The molecule has 0 amide bonds. The van der Waals surface area contributed by atoms with Gasteiger partial charge in [0.1, 0.15) is 0 Å². The van der Waals surface area contributed by atoms with E-state index in [-0.39, 0.29) is 12.1 Å². The summed E-state index contributed by atoms with van der Waals surface area (Å²) in [6, 6.07) is 0. The van der Waals surface area contributed by atoms with Gasteiger partial charge >= 0.3 is 5.97 Å². The largest absolute Gasteiger partial charge is 0.466 e. The summed E-state index contributed by atoms with van der Waals surface area (Å²) >= 11 is 0. The number of rotatable bonds is 24. The predicted octanol–water partition coefficient (Wildman–Crippen LogP) is 8.51. The SMILES string of the molecule is CCCCCCCCCCCOC(=O)CCCCCCCCCCC(O)CCCC. The van der Waals surface area contributed by atoms with Crippen molar-refractivity contribution in [2.24, 2.45) is 0 Å². The van der Waals surface area contributed by atoms with Crippen molar-refractivity contribution in [3.8, 4) is 0 Å². The number of unbranched alkanes of at least 4 members (excludes halogenated alkanes) is 16. The lowest BCUT2D eigenvalue weighted by atomic mass is 10.0. The lowest BCUT2D eigenvalue weighted by Crippen LogP contribution is -2.05. The topological polar surface area (TPSA) is 46.5 Å². The van der Waals surface area contributed by atoms with Crippen molar-refractivity contribution in [1.29, 1.82) is 0 Å². The first-order valence-electron chi connectivity index (χ1n) is 13.5. The first-order valence-corrected chi connectivity index (χ1v) is 13.5. The fraction of sp³-hybridized carbons (Fsp3) is 0.963. The number of aliphatic hydroxyl groups is 1. The van der Waals surface area contributed by atoms with E-state index < -0.39 is 0 Å². The molecule has 0 rings (SSSR count). The molecule has 30 heavy (non-hydrogen) atoms. The third kappa shape index (κ3) is 23.7. The summed E-state index contributed by atoms with van der Waals surface area (Å²) in [5.74, 6) is -0.00352. The summed E-state index contributed by atoms with van der Waals surface area (Å²) in [4.78, 5) is 11.8. The lowest BCUT2D eigenvalue weighted by Gasteiger charge is -2.09. The van der Waals surface area contributed by atoms with Crippen molar-refractivity contribution in [3.05, 3.63) is 0 Å². The fourth-order valence-electron chi connectivity index (χ4n) is 3.96. The van der Waals surface area contributed by atoms with Crippen molar-refractivity contribution in [2.75, 3.05) is 6.61 Å². The molecule has 1 N–H and O–H groups in total. The summed E-state index contributed by atoms with van der Waals surface area (Å²) in [7, 11) is 0. The molecule has 0 radical (unpaired) electrons. The number of ether oxygens (including phenoxy) is 1. The molecule has 1 atom stereocenters. The Labute approximate surface area is 188 Å². The van der Waals surface area contributed by atoms with E-state index in [4.69, 9.17) is 4.74 Å². The fourth-order valence-corrected chi connectivity index (χ4v) is 3.96. The van der Waals surface area contributed by atoms with Crippen LogP contribution < -0.4 is 0 Å². The summed E-state index contributed by atoms with van der Waals surface area (Å²) in [6.45, 7) is 5.05. The van der Waals surface area contributed by atoms with Crippen LogP contribution in [0.2, 0.25) is 0 Å². The maximum Gasteiger partial charge on any atom is 0.305 e. The van der Waals surface area contributed by atoms with Crippen LogP contribution in [0.15, 0.2) is 0 Å². The molecule has 0 aliphatic heterocycles. The number of esters is 1. The van der Waals surface area contributed by atoms with Crippen molar-refractivity contribution >= 4 is 5.97 Å². The molecule has 0 aromatic carbocycles. The quantitative estimate of drug-likeness (QED) is 0.124. The van der Waals surface area contributed by atoms with Crippen molar-refractivity contribution in [3.63, 3.8) is 0 Å². The minimum absolute atomic E-state index is 0.00352. The lowest BCUT2D eigenvalue weighted by molar-refractivity contribution is -0.143. The molecule has 180 valence electrons. The molecule has 3 heteroatoms. The number of carbonyl (C=O) groups excluding carboxylic acids is 1. The van der Waals surface area contributed by atoms with E-state index in [1.165, 1.54) is 89.9 Å². The van der Waals surface area contributed by atoms with Crippen LogP contribution in [0.4, 0.5) is 0 Å². The second-order valence-corrected chi connectivity index (χ2v) is 9.21. The zero-order valence-electron chi connectivity index (χ0n) is 20.6. The van der Waals surface area contributed by atoms with Crippen molar-refractivity contribution in [1.82, 2.24) is 0 Å². The Hall–Kier alpha value is -0.570. The average molecular weight is 427 g/mol. The molecule has 0 aromatic rings. The molecular formula is C27H54O3. The summed E-state index contributed by atoms with van der Waals surface area (Å²) in [6.07, 6.45) is 26.0. The van der Waals surface area contributed by atoms with Crippen molar-refractivity contribution in [2.45, 2.75) is 161 Å². The highest BCUT2D eigenvalue weighted by Crippen LogP contribution is 2.14. The Kier molecular flexibility index (Phi) is 24.2. The Morgan fingerprint density at radius 1 is 0.600 bits per heavy atom. The van der Waals surface area contributed by atoms with E-state index in [0.717, 1.165) is 44.9 Å². The standard InChI is InChI=1S/C27H54O3/c1-3-5-7-8-9-12-15-18-21-25-30-27(29)24-20-17-14-11-10-13-16-19-23-26(28)22-6-4-2/h26,28H,3-25H2,1-2H3. The average Bonchev–Trinajstić information content (AvgIpc) is 2.74. The van der Waals surface area contributed by atoms with Crippen LogP contribution >= 0.6 is 0 Å². The maximum atomic E-state index is 11.8. The van der Waals surface area contributed by atoms with E-state index >= 15 is 0 Å². The highest BCUT2D eigenvalue weighted by molar-refractivity contribution is 5.69. The molecule has 0 aliphatic carbocycles. The Morgan fingerprint density at radius 3 is 1.60 bits per heavy atom. The van der Waals surface area contributed by atoms with Crippen LogP contribution in [0.25, 0.3) is 0 Å². The molecule has 0 fully saturated rings. The van der Waals surface area contributed by atoms with Gasteiger partial charge < -0.3 is 9.84 Å². The van der Waals surface area contributed by atoms with E-state index in [1.54, 1.807) is 0 Å². The molecule has 0 heterocycles. The minimum Gasteiger partial charge on any atom is -0.466 e. The van der Waals surface area contributed by atoms with Gasteiger partial charge in [-0.1, -0.05) is 123 Å². The zero-order valence-corrected chi connectivity index (χ0v) is 20.6. The molecule has 3 nitrogen and oxygen atoms in total. The van der Waals surface area contributed by atoms with Gasteiger partial charge in [0.2, 0.25) is 0 Å². The molecular weight excluding hydrogens is 372 g/mol. The van der Waals surface area contributed by atoms with Gasteiger partial charge in [0.15, 0.2) is 0 Å². The van der Waals surface area contributed by atoms with Gasteiger partial charge in [-0.25, -0.2) is 0 Å². The predicted molar refractivity (Wildman–Crippen MR) is 130 cm³/mol. The number of hydrogen-bond acceptors (Lipinski definition) is 3. The van der Waals surface area contributed by atoms with Gasteiger partial charge in [0, 0.05) is 6.42 Å². The van der Waals surface area contributed by atoms with Gasteiger partial charge in [0.25, 0.3) is 0 Å². The Balaban J connectivity index is 3.20. The van der Waals surface area contributed by atoms with Gasteiger partial charge in [-0.05, 0) is 25.7 Å². The minimum atomic E-state index is -0.0787. The summed E-state index contributed by atoms with van der Waals surface area (Å²) < 4.78 is 5.36. The molecule has 0 saturated carbocycles. The van der Waals surface area contributed by atoms with Crippen LogP contribution in [0, 0.1) is 0 Å². The monoisotopic (exact) mass is 426 g/mol. The van der Waals surface area contributed by atoms with Gasteiger partial charge in [0.05, 0.1) is 12.7 Å². The van der Waals surface area contributed by atoms with Crippen LogP contribution in [0.1, 0.15) is 155 Å².